The van der Waals surface area contributed by atoms with Crippen molar-refractivity contribution in [1.82, 2.24) is 0 Å². The zero-order valence-electron chi connectivity index (χ0n) is 20.7. The average molecular weight is 496 g/mol. The van der Waals surface area contributed by atoms with E-state index in [0.29, 0.717) is 18.3 Å². The van der Waals surface area contributed by atoms with Crippen LogP contribution < -0.4 is 0 Å². The summed E-state index contributed by atoms with van der Waals surface area (Å²) in [5.74, 6) is 1.19. The summed E-state index contributed by atoms with van der Waals surface area (Å²) in [6, 6.07) is 0. The van der Waals surface area contributed by atoms with Gasteiger partial charge in [-0.1, -0.05) is 90.9 Å². The maximum Gasteiger partial charge on any atom is 0.639 e. The van der Waals surface area contributed by atoms with E-state index in [4.69, 9.17) is 14.5 Å². The van der Waals surface area contributed by atoms with Gasteiger partial charge < -0.3 is 4.74 Å². The molecule has 0 aromatic carbocycles. The summed E-state index contributed by atoms with van der Waals surface area (Å²) < 4.78 is 22.1. The summed E-state index contributed by atoms with van der Waals surface area (Å²) in [4.78, 5) is 14.2. The second-order valence-electron chi connectivity index (χ2n) is 8.46. The number of thioether (sulfide) groups is 1. The molecule has 3 atom stereocenters. The minimum absolute atomic E-state index is 0.128. The molecule has 0 aromatic rings. The highest BCUT2D eigenvalue weighted by atomic mass is 32.2. The van der Waals surface area contributed by atoms with Crippen molar-refractivity contribution < 1.29 is 28.8 Å². The molecule has 0 aliphatic carbocycles. The lowest BCUT2D eigenvalue weighted by Crippen LogP contribution is -2.24. The highest BCUT2D eigenvalue weighted by molar-refractivity contribution is 7.99. The van der Waals surface area contributed by atoms with Crippen molar-refractivity contribution in [3.8, 4) is 0 Å². The van der Waals surface area contributed by atoms with Gasteiger partial charge in [-0.25, -0.2) is 0 Å². The number of carbonyl (C=O) groups excluding carboxylic acids is 1. The molecule has 0 fully saturated rings. The molecule has 0 aromatic heterocycles. The molecule has 0 spiro atoms. The van der Waals surface area contributed by atoms with E-state index in [-0.39, 0.29) is 12.7 Å². The standard InChI is InChI=1S/C24H47O6PS/c1-4-6-8-9-10-11-12-13-14-16-21-32-23(18-15-7-5-2)22(3)28-19-17-20-29-31(27)24(25)30-26/h22-23H,4-21H2,1-3H3/p+1. The summed E-state index contributed by atoms with van der Waals surface area (Å²) in [6.45, 7) is 7.24. The van der Waals surface area contributed by atoms with Crippen LogP contribution in [0.3, 0.4) is 0 Å². The second kappa shape index (κ2) is 23.9. The van der Waals surface area contributed by atoms with Gasteiger partial charge in [0.15, 0.2) is 0 Å². The van der Waals surface area contributed by atoms with Gasteiger partial charge in [-0.15, -0.1) is 4.52 Å². The van der Waals surface area contributed by atoms with Crippen molar-refractivity contribution in [2.75, 3.05) is 19.0 Å². The monoisotopic (exact) mass is 495 g/mol. The Morgan fingerprint density at radius 1 is 0.844 bits per heavy atom. The molecule has 0 saturated heterocycles. The predicted octanol–water partition coefficient (Wildman–Crippen LogP) is 8.75. The molecule has 0 radical (unpaired) electrons. The molecule has 6 nitrogen and oxygen atoms in total. The average Bonchev–Trinajstić information content (AvgIpc) is 2.80. The molecule has 0 heterocycles. The van der Waals surface area contributed by atoms with Gasteiger partial charge in [-0.2, -0.15) is 21.8 Å². The number of ether oxygens (including phenoxy) is 1. The van der Waals surface area contributed by atoms with E-state index in [9.17, 15) is 9.36 Å². The molecular weight excluding hydrogens is 447 g/mol. The van der Waals surface area contributed by atoms with Gasteiger partial charge in [0.05, 0.1) is 6.10 Å². The van der Waals surface area contributed by atoms with Gasteiger partial charge in [0.1, 0.15) is 6.61 Å². The van der Waals surface area contributed by atoms with Crippen LogP contribution in [0, 0.1) is 0 Å². The van der Waals surface area contributed by atoms with Crippen LogP contribution >= 0.6 is 19.8 Å². The van der Waals surface area contributed by atoms with E-state index in [1.807, 2.05) is 11.8 Å². The summed E-state index contributed by atoms with van der Waals surface area (Å²) in [7, 11) is -2.64. The number of carbonyl (C=O) groups is 1. The van der Waals surface area contributed by atoms with Gasteiger partial charge in [0, 0.05) is 11.9 Å². The van der Waals surface area contributed by atoms with E-state index in [2.05, 4.69) is 25.7 Å². The maximum absolute atomic E-state index is 11.3. The fourth-order valence-corrected chi connectivity index (χ4v) is 5.37. The highest BCUT2D eigenvalue weighted by Gasteiger charge is 2.34. The zero-order valence-corrected chi connectivity index (χ0v) is 22.4. The summed E-state index contributed by atoms with van der Waals surface area (Å²) >= 11 is 2.04. The SMILES string of the molecule is CCCCCCCCCCCCSC(CCCCC)C(C)OCCCO[P+](=O)C(=O)OO. The first kappa shape index (κ1) is 31.8. The molecule has 8 heteroatoms. The van der Waals surface area contributed by atoms with Crippen LogP contribution in [0.25, 0.3) is 0 Å². The van der Waals surface area contributed by atoms with E-state index in [0.717, 1.165) is 0 Å². The number of rotatable bonds is 24. The van der Waals surface area contributed by atoms with Crippen molar-refractivity contribution in [3.63, 3.8) is 0 Å². The van der Waals surface area contributed by atoms with Crippen molar-refractivity contribution in [2.24, 2.45) is 0 Å². The maximum atomic E-state index is 11.3. The van der Waals surface area contributed by atoms with Gasteiger partial charge in [0.25, 0.3) is 0 Å². The first-order valence-electron chi connectivity index (χ1n) is 12.8. The van der Waals surface area contributed by atoms with Crippen LogP contribution in [0.4, 0.5) is 4.79 Å². The Morgan fingerprint density at radius 2 is 1.41 bits per heavy atom. The summed E-state index contributed by atoms with van der Waals surface area (Å²) in [5, 5.41) is 8.66. The molecule has 3 unspecified atom stereocenters. The molecule has 0 saturated carbocycles. The lowest BCUT2D eigenvalue weighted by molar-refractivity contribution is -0.168. The Morgan fingerprint density at radius 3 is 2.00 bits per heavy atom. The van der Waals surface area contributed by atoms with Gasteiger partial charge >= 0.3 is 13.7 Å². The Bertz CT molecular complexity index is 452. The van der Waals surface area contributed by atoms with Crippen molar-refractivity contribution in [1.29, 1.82) is 0 Å². The normalized spacial score (nSPS) is 13.7. The van der Waals surface area contributed by atoms with E-state index in [1.165, 1.54) is 95.6 Å². The van der Waals surface area contributed by atoms with Crippen LogP contribution in [-0.2, 0) is 18.7 Å². The lowest BCUT2D eigenvalue weighted by atomic mass is 10.1. The van der Waals surface area contributed by atoms with Crippen LogP contribution in [0.2, 0.25) is 0 Å². The third-order valence-electron chi connectivity index (χ3n) is 5.55. The van der Waals surface area contributed by atoms with Crippen molar-refractivity contribution in [3.05, 3.63) is 0 Å². The molecule has 0 rings (SSSR count). The number of hydrogen-bond donors (Lipinski definition) is 1. The van der Waals surface area contributed by atoms with Crippen molar-refractivity contribution >= 4 is 25.5 Å². The summed E-state index contributed by atoms with van der Waals surface area (Å²) in [5.41, 5.74) is -1.26. The Kier molecular flexibility index (Phi) is 23.8. The summed E-state index contributed by atoms with van der Waals surface area (Å²) in [6.07, 6.45) is 19.2. The third-order valence-corrected chi connectivity index (χ3v) is 7.92. The quantitative estimate of drug-likeness (QED) is 0.0620. The van der Waals surface area contributed by atoms with Gasteiger partial charge in [0.2, 0.25) is 0 Å². The fraction of sp³-hybridized carbons (Fsp3) is 0.958. The lowest BCUT2D eigenvalue weighted by Gasteiger charge is -2.24. The smallest absolute Gasteiger partial charge is 0.377 e. The number of hydrogen-bond acceptors (Lipinski definition) is 7. The van der Waals surface area contributed by atoms with Crippen LogP contribution in [-0.4, -0.2) is 41.3 Å². The predicted molar refractivity (Wildman–Crippen MR) is 135 cm³/mol. The molecule has 0 bridgehead atoms. The Hall–Kier alpha value is -0.200. The van der Waals surface area contributed by atoms with Crippen LogP contribution in [0.5, 0.6) is 0 Å². The van der Waals surface area contributed by atoms with Crippen molar-refractivity contribution in [2.45, 2.75) is 128 Å². The Balaban J connectivity index is 3.94. The first-order valence-corrected chi connectivity index (χ1v) is 15.0. The molecular formula is C24H48O6PS+. The highest BCUT2D eigenvalue weighted by Crippen LogP contribution is 2.26. The zero-order chi connectivity index (χ0) is 23.9. The molecule has 1 N–H and O–H groups in total. The third kappa shape index (κ3) is 19.3. The number of unbranched alkanes of at least 4 members (excludes halogenated alkanes) is 11. The largest absolute Gasteiger partial charge is 0.639 e. The van der Waals surface area contributed by atoms with Gasteiger partial charge in [-0.05, 0) is 36.5 Å². The minimum atomic E-state index is -2.64. The molecule has 0 aliphatic rings. The Labute approximate surface area is 201 Å². The molecule has 0 amide bonds. The van der Waals surface area contributed by atoms with Crippen LogP contribution in [0.1, 0.15) is 117 Å². The van der Waals surface area contributed by atoms with Crippen LogP contribution in [0.15, 0.2) is 0 Å². The molecule has 0 aliphatic heterocycles. The van der Waals surface area contributed by atoms with Gasteiger partial charge in [-0.3, -0.25) is 4.89 Å². The van der Waals surface area contributed by atoms with E-state index in [1.54, 1.807) is 0 Å². The van der Waals surface area contributed by atoms with E-state index < -0.39 is 13.7 Å². The fourth-order valence-electron chi connectivity index (χ4n) is 3.54. The second-order valence-corrected chi connectivity index (χ2v) is 10.9. The first-order chi connectivity index (χ1) is 15.6. The molecule has 190 valence electrons. The molecule has 32 heavy (non-hydrogen) atoms. The topological polar surface area (TPSA) is 82.1 Å². The van der Waals surface area contributed by atoms with E-state index >= 15 is 0 Å². The minimum Gasteiger partial charge on any atom is -0.377 e.